The SMILES string of the molecule is COc1cc(-c2cc(C(=O)OCC(=O)NCc3ccccc3)c3ccccc3n2)cc(OC)c1OC. The number of fused-ring (bicyclic) bond motifs is 1. The first-order valence-corrected chi connectivity index (χ1v) is 11.2. The van der Waals surface area contributed by atoms with Gasteiger partial charge >= 0.3 is 5.97 Å². The number of nitrogens with one attached hydrogen (secondary N) is 1. The second-order valence-electron chi connectivity index (χ2n) is 7.82. The van der Waals surface area contributed by atoms with Crippen LogP contribution in [0.1, 0.15) is 15.9 Å². The maximum atomic E-state index is 13.1. The van der Waals surface area contributed by atoms with Crippen molar-refractivity contribution in [3.8, 4) is 28.5 Å². The molecule has 0 radical (unpaired) electrons. The lowest BCUT2D eigenvalue weighted by Gasteiger charge is -2.15. The quantitative estimate of drug-likeness (QED) is 0.350. The van der Waals surface area contributed by atoms with E-state index in [1.165, 1.54) is 21.3 Å². The summed E-state index contributed by atoms with van der Waals surface area (Å²) in [5.74, 6) is 0.348. The first kappa shape index (κ1) is 24.5. The van der Waals surface area contributed by atoms with E-state index in [1.54, 1.807) is 30.3 Å². The van der Waals surface area contributed by atoms with Crippen molar-refractivity contribution in [1.82, 2.24) is 10.3 Å². The number of methoxy groups -OCH3 is 3. The van der Waals surface area contributed by atoms with E-state index in [1.807, 2.05) is 42.5 Å². The Morgan fingerprint density at radius 3 is 2.17 bits per heavy atom. The highest BCUT2D eigenvalue weighted by atomic mass is 16.5. The minimum atomic E-state index is -0.628. The molecule has 0 aliphatic carbocycles. The molecule has 8 nitrogen and oxygen atoms in total. The van der Waals surface area contributed by atoms with Crippen molar-refractivity contribution in [2.45, 2.75) is 6.54 Å². The van der Waals surface area contributed by atoms with Gasteiger partial charge in [-0.05, 0) is 29.8 Å². The van der Waals surface area contributed by atoms with Gasteiger partial charge in [-0.3, -0.25) is 4.79 Å². The van der Waals surface area contributed by atoms with Gasteiger partial charge in [0.05, 0.1) is 38.1 Å². The monoisotopic (exact) mass is 486 g/mol. The first-order chi connectivity index (χ1) is 17.5. The lowest BCUT2D eigenvalue weighted by atomic mass is 10.0. The summed E-state index contributed by atoms with van der Waals surface area (Å²) in [7, 11) is 4.58. The van der Waals surface area contributed by atoms with Crippen molar-refractivity contribution in [3.05, 3.63) is 83.9 Å². The minimum Gasteiger partial charge on any atom is -0.493 e. The summed E-state index contributed by atoms with van der Waals surface area (Å²) >= 11 is 0. The Bertz CT molecular complexity index is 1360. The van der Waals surface area contributed by atoms with Crippen LogP contribution in [0.2, 0.25) is 0 Å². The highest BCUT2D eigenvalue weighted by molar-refractivity contribution is 6.05. The van der Waals surface area contributed by atoms with Crippen LogP contribution in [-0.4, -0.2) is 44.8 Å². The first-order valence-electron chi connectivity index (χ1n) is 11.2. The van der Waals surface area contributed by atoms with Crippen LogP contribution in [-0.2, 0) is 16.1 Å². The van der Waals surface area contributed by atoms with Crippen LogP contribution in [0.25, 0.3) is 22.2 Å². The van der Waals surface area contributed by atoms with E-state index in [-0.39, 0.29) is 0 Å². The molecular formula is C28H26N2O6. The van der Waals surface area contributed by atoms with Gasteiger partial charge < -0.3 is 24.3 Å². The molecule has 1 amide bonds. The summed E-state index contributed by atoms with van der Waals surface area (Å²) in [6.07, 6.45) is 0. The maximum absolute atomic E-state index is 13.1. The van der Waals surface area contributed by atoms with Crippen molar-refractivity contribution in [1.29, 1.82) is 0 Å². The topological polar surface area (TPSA) is 96.0 Å². The summed E-state index contributed by atoms with van der Waals surface area (Å²) < 4.78 is 21.7. The summed E-state index contributed by atoms with van der Waals surface area (Å²) in [5.41, 5.74) is 3.01. The Labute approximate surface area is 208 Å². The fourth-order valence-corrected chi connectivity index (χ4v) is 3.78. The molecule has 1 N–H and O–H groups in total. The number of carbonyl (C=O) groups excluding carboxylic acids is 2. The molecule has 0 atom stereocenters. The van der Waals surface area contributed by atoms with Crippen molar-refractivity contribution < 1.29 is 28.5 Å². The van der Waals surface area contributed by atoms with E-state index in [9.17, 15) is 9.59 Å². The number of pyridine rings is 1. The normalized spacial score (nSPS) is 10.5. The number of esters is 1. The Hall–Kier alpha value is -4.59. The summed E-state index contributed by atoms with van der Waals surface area (Å²) in [5, 5.41) is 3.36. The van der Waals surface area contributed by atoms with Gasteiger partial charge in [-0.15, -0.1) is 0 Å². The predicted molar refractivity (Wildman–Crippen MR) is 135 cm³/mol. The third kappa shape index (κ3) is 5.38. The van der Waals surface area contributed by atoms with Crippen LogP contribution >= 0.6 is 0 Å². The van der Waals surface area contributed by atoms with Crippen molar-refractivity contribution in [2.75, 3.05) is 27.9 Å². The molecule has 0 unspecified atom stereocenters. The second-order valence-corrected chi connectivity index (χ2v) is 7.82. The minimum absolute atomic E-state index is 0.292. The fourth-order valence-electron chi connectivity index (χ4n) is 3.78. The molecule has 1 heterocycles. The molecule has 0 saturated carbocycles. The van der Waals surface area contributed by atoms with Crippen LogP contribution in [0.5, 0.6) is 17.2 Å². The Morgan fingerprint density at radius 2 is 1.50 bits per heavy atom. The number of ether oxygens (including phenoxy) is 4. The van der Waals surface area contributed by atoms with Gasteiger partial charge in [-0.25, -0.2) is 9.78 Å². The molecule has 0 aliphatic heterocycles. The number of benzene rings is 3. The standard InChI is InChI=1S/C28H26N2O6/c1-33-24-13-19(14-25(34-2)27(24)35-3)23-15-21(20-11-7-8-12-22(20)30-23)28(32)36-17-26(31)29-16-18-9-5-4-6-10-18/h4-15H,16-17H2,1-3H3,(H,29,31). The van der Waals surface area contributed by atoms with Crippen molar-refractivity contribution in [3.63, 3.8) is 0 Å². The molecule has 184 valence electrons. The fraction of sp³-hybridized carbons (Fsp3) is 0.179. The van der Waals surface area contributed by atoms with E-state index in [4.69, 9.17) is 23.9 Å². The number of hydrogen-bond acceptors (Lipinski definition) is 7. The lowest BCUT2D eigenvalue weighted by Crippen LogP contribution is -2.28. The largest absolute Gasteiger partial charge is 0.493 e. The maximum Gasteiger partial charge on any atom is 0.339 e. The molecule has 1 aromatic heterocycles. The highest BCUT2D eigenvalue weighted by Crippen LogP contribution is 2.41. The van der Waals surface area contributed by atoms with Crippen LogP contribution < -0.4 is 19.5 Å². The predicted octanol–water partition coefficient (Wildman–Crippen LogP) is 4.40. The highest BCUT2D eigenvalue weighted by Gasteiger charge is 2.19. The van der Waals surface area contributed by atoms with Gasteiger partial charge in [0, 0.05) is 17.5 Å². The number of rotatable bonds is 9. The molecule has 0 spiro atoms. The van der Waals surface area contributed by atoms with Crippen LogP contribution in [0.3, 0.4) is 0 Å². The molecule has 3 aromatic carbocycles. The third-order valence-electron chi connectivity index (χ3n) is 5.56. The smallest absolute Gasteiger partial charge is 0.339 e. The zero-order valence-corrected chi connectivity index (χ0v) is 20.2. The number of amides is 1. The second kappa shape index (κ2) is 11.2. The number of nitrogens with zero attached hydrogens (tertiary/aromatic N) is 1. The molecular weight excluding hydrogens is 460 g/mol. The van der Waals surface area contributed by atoms with E-state index >= 15 is 0 Å². The van der Waals surface area contributed by atoms with E-state index in [0.717, 1.165) is 5.56 Å². The van der Waals surface area contributed by atoms with Gasteiger partial charge in [0.25, 0.3) is 5.91 Å². The van der Waals surface area contributed by atoms with E-state index < -0.39 is 18.5 Å². The molecule has 36 heavy (non-hydrogen) atoms. The van der Waals surface area contributed by atoms with Gasteiger partial charge in [-0.2, -0.15) is 0 Å². The van der Waals surface area contributed by atoms with Gasteiger partial charge in [0.1, 0.15) is 0 Å². The number of aromatic nitrogens is 1. The number of hydrogen-bond donors (Lipinski definition) is 1. The van der Waals surface area contributed by atoms with Crippen molar-refractivity contribution >= 4 is 22.8 Å². The van der Waals surface area contributed by atoms with Gasteiger partial charge in [0.2, 0.25) is 5.75 Å². The Morgan fingerprint density at radius 1 is 0.833 bits per heavy atom. The molecule has 0 saturated heterocycles. The van der Waals surface area contributed by atoms with Crippen molar-refractivity contribution in [2.24, 2.45) is 0 Å². The number of para-hydroxylation sites is 1. The average molecular weight is 487 g/mol. The summed E-state index contributed by atoms with van der Waals surface area (Å²) in [6.45, 7) is -0.0530. The van der Waals surface area contributed by atoms with E-state index in [2.05, 4.69) is 5.32 Å². The third-order valence-corrected chi connectivity index (χ3v) is 5.56. The van der Waals surface area contributed by atoms with Gasteiger partial charge in [-0.1, -0.05) is 48.5 Å². The zero-order chi connectivity index (χ0) is 25.5. The lowest BCUT2D eigenvalue weighted by molar-refractivity contribution is -0.124. The van der Waals surface area contributed by atoms with Crippen LogP contribution in [0.15, 0.2) is 72.8 Å². The zero-order valence-electron chi connectivity index (χ0n) is 20.2. The van der Waals surface area contributed by atoms with E-state index in [0.29, 0.717) is 51.5 Å². The number of carbonyl (C=O) groups is 2. The van der Waals surface area contributed by atoms with Crippen LogP contribution in [0, 0.1) is 0 Å². The summed E-state index contributed by atoms with van der Waals surface area (Å²) in [6, 6.07) is 21.9. The molecule has 8 heteroatoms. The molecule has 4 rings (SSSR count). The molecule has 0 aliphatic rings. The average Bonchev–Trinajstić information content (AvgIpc) is 2.93. The summed E-state index contributed by atoms with van der Waals surface area (Å²) in [4.78, 5) is 30.0. The molecule has 0 fully saturated rings. The Balaban J connectivity index is 1.60. The molecule has 4 aromatic rings. The molecule has 0 bridgehead atoms. The van der Waals surface area contributed by atoms with Gasteiger partial charge in [0.15, 0.2) is 18.1 Å². The van der Waals surface area contributed by atoms with Crippen LogP contribution in [0.4, 0.5) is 0 Å². The Kier molecular flexibility index (Phi) is 7.65.